The number of H-pyrrole nitrogens is 1. The molecular weight excluding hydrogens is 362 g/mol. The molecule has 7 nitrogen and oxygen atoms in total. The molecule has 0 fully saturated rings. The predicted octanol–water partition coefficient (Wildman–Crippen LogP) is 2.03. The number of amides is 2. The predicted molar refractivity (Wildman–Crippen MR) is 92.0 cm³/mol. The van der Waals surface area contributed by atoms with Gasteiger partial charge in [0, 0.05) is 20.0 Å². The first-order chi connectivity index (χ1) is 11.0. The fourth-order valence-corrected chi connectivity index (χ4v) is 2.65. The van der Waals surface area contributed by atoms with Crippen LogP contribution in [0.3, 0.4) is 0 Å². The molecule has 2 amide bonds. The molecule has 1 atom stereocenters. The van der Waals surface area contributed by atoms with Gasteiger partial charge >= 0.3 is 0 Å². The highest BCUT2D eigenvalue weighted by Crippen LogP contribution is 2.18. The Kier molecular flexibility index (Phi) is 8.83. The van der Waals surface area contributed by atoms with Gasteiger partial charge < -0.3 is 10.2 Å². The Balaban J connectivity index is 2.25. The fraction of sp³-hybridized carbons (Fsp3) is 0.733. The van der Waals surface area contributed by atoms with E-state index in [2.05, 4.69) is 36.7 Å². The maximum Gasteiger partial charge on any atom is 0.232 e. The zero-order valence-corrected chi connectivity index (χ0v) is 15.6. The van der Waals surface area contributed by atoms with Gasteiger partial charge in [0.2, 0.25) is 11.8 Å². The van der Waals surface area contributed by atoms with Crippen LogP contribution >= 0.6 is 15.9 Å². The van der Waals surface area contributed by atoms with Crippen LogP contribution in [0.4, 0.5) is 0 Å². The molecule has 0 saturated heterocycles. The highest BCUT2D eigenvalue weighted by Gasteiger charge is 2.20. The van der Waals surface area contributed by atoms with Crippen molar-refractivity contribution in [3.8, 4) is 0 Å². The average Bonchev–Trinajstić information content (AvgIpc) is 3.04. The van der Waals surface area contributed by atoms with Crippen molar-refractivity contribution in [1.82, 2.24) is 25.6 Å². The largest absolute Gasteiger partial charge is 0.347 e. The minimum Gasteiger partial charge on any atom is -0.347 e. The van der Waals surface area contributed by atoms with Crippen molar-refractivity contribution in [2.75, 3.05) is 18.9 Å². The summed E-state index contributed by atoms with van der Waals surface area (Å²) in [5.74, 6) is 0.347. The van der Waals surface area contributed by atoms with E-state index in [0.717, 1.165) is 31.5 Å². The normalized spacial score (nSPS) is 12.2. The molecule has 1 aromatic heterocycles. The molecule has 0 aliphatic carbocycles. The Hall–Kier alpha value is -1.44. The molecule has 0 aliphatic heterocycles. The van der Waals surface area contributed by atoms with E-state index in [1.54, 1.807) is 18.1 Å². The lowest BCUT2D eigenvalue weighted by molar-refractivity contribution is -0.127. The number of aromatic nitrogens is 3. The van der Waals surface area contributed by atoms with Crippen LogP contribution < -0.4 is 5.32 Å². The van der Waals surface area contributed by atoms with Crippen molar-refractivity contribution in [1.29, 1.82) is 0 Å². The van der Waals surface area contributed by atoms with Crippen molar-refractivity contribution in [2.45, 2.75) is 45.6 Å². The number of aromatic amines is 1. The number of hydrogen-bond acceptors (Lipinski definition) is 4. The standard InChI is InChI=1S/C15H26BrN5O2/c1-11(2)15(12-10-17-20-19-12)18-13(22)7-5-4-6-8-21(3)14(23)9-16/h10-11,15H,4-9H2,1-3H3,(H,18,22)(H,17,19,20)/t15-/m0/s1. The number of rotatable bonds is 10. The first kappa shape index (κ1) is 19.6. The summed E-state index contributed by atoms with van der Waals surface area (Å²) in [5.41, 5.74) is 0.753. The first-order valence-electron chi connectivity index (χ1n) is 7.90. The molecule has 0 aliphatic rings. The molecule has 1 heterocycles. The second kappa shape index (κ2) is 10.4. The second-order valence-electron chi connectivity index (χ2n) is 5.94. The summed E-state index contributed by atoms with van der Waals surface area (Å²) in [6.45, 7) is 4.80. The number of nitrogens with zero attached hydrogens (tertiary/aromatic N) is 3. The highest BCUT2D eigenvalue weighted by atomic mass is 79.9. The van der Waals surface area contributed by atoms with Crippen molar-refractivity contribution in [3.05, 3.63) is 11.9 Å². The van der Waals surface area contributed by atoms with E-state index in [1.165, 1.54) is 0 Å². The molecular formula is C15H26BrN5O2. The van der Waals surface area contributed by atoms with Crippen molar-refractivity contribution in [2.24, 2.45) is 5.92 Å². The molecule has 0 aromatic carbocycles. The molecule has 0 unspecified atom stereocenters. The Morgan fingerprint density at radius 3 is 2.65 bits per heavy atom. The highest BCUT2D eigenvalue weighted by molar-refractivity contribution is 9.09. The summed E-state index contributed by atoms with van der Waals surface area (Å²) in [7, 11) is 1.79. The summed E-state index contributed by atoms with van der Waals surface area (Å²) in [6.07, 6.45) is 4.76. The summed E-state index contributed by atoms with van der Waals surface area (Å²) in [6, 6.07) is -0.121. The maximum absolute atomic E-state index is 12.1. The Morgan fingerprint density at radius 2 is 2.09 bits per heavy atom. The van der Waals surface area contributed by atoms with Crippen LogP contribution in [-0.2, 0) is 9.59 Å². The minimum absolute atomic E-state index is 0.0246. The summed E-state index contributed by atoms with van der Waals surface area (Å²) in [4.78, 5) is 25.1. The number of nitrogens with one attached hydrogen (secondary N) is 2. The van der Waals surface area contributed by atoms with Gasteiger partial charge in [0.05, 0.1) is 17.6 Å². The second-order valence-corrected chi connectivity index (χ2v) is 6.50. The molecule has 2 N–H and O–H groups in total. The lowest BCUT2D eigenvalue weighted by Crippen LogP contribution is -2.32. The van der Waals surface area contributed by atoms with Gasteiger partial charge in [0.25, 0.3) is 0 Å². The lowest BCUT2D eigenvalue weighted by atomic mass is 10.0. The van der Waals surface area contributed by atoms with Crippen LogP contribution in [0.5, 0.6) is 0 Å². The Morgan fingerprint density at radius 1 is 1.35 bits per heavy atom. The Bertz CT molecular complexity index is 478. The molecule has 0 bridgehead atoms. The number of unbranched alkanes of at least 4 members (excludes halogenated alkanes) is 2. The van der Waals surface area contributed by atoms with Crippen LogP contribution in [0.2, 0.25) is 0 Å². The van der Waals surface area contributed by atoms with Gasteiger partial charge in [-0.2, -0.15) is 15.4 Å². The van der Waals surface area contributed by atoms with E-state index in [4.69, 9.17) is 0 Å². The summed E-state index contributed by atoms with van der Waals surface area (Å²) in [5, 5.41) is 13.8. The van der Waals surface area contributed by atoms with Gasteiger partial charge in [-0.1, -0.05) is 36.2 Å². The number of halogens is 1. The maximum atomic E-state index is 12.1. The van der Waals surface area contributed by atoms with E-state index in [9.17, 15) is 9.59 Å². The van der Waals surface area contributed by atoms with Gasteiger partial charge in [0.1, 0.15) is 5.69 Å². The molecule has 8 heteroatoms. The van der Waals surface area contributed by atoms with Gasteiger partial charge in [0.15, 0.2) is 0 Å². The van der Waals surface area contributed by atoms with E-state index in [-0.39, 0.29) is 23.8 Å². The SMILES string of the molecule is CC(C)[C@H](NC(=O)CCCCCN(C)C(=O)CBr)c1cn[nH]n1. The fourth-order valence-electron chi connectivity index (χ4n) is 2.23. The first-order valence-corrected chi connectivity index (χ1v) is 9.02. The third-order valence-corrected chi connectivity index (χ3v) is 4.15. The Labute approximate surface area is 145 Å². The van der Waals surface area contributed by atoms with E-state index >= 15 is 0 Å². The van der Waals surface area contributed by atoms with Gasteiger partial charge in [-0.25, -0.2) is 0 Å². The molecule has 1 rings (SSSR count). The molecule has 0 spiro atoms. The van der Waals surface area contributed by atoms with Gasteiger partial charge in [-0.3, -0.25) is 9.59 Å². The minimum atomic E-state index is -0.121. The number of carbonyl (C=O) groups is 2. The third kappa shape index (κ3) is 7.11. The van der Waals surface area contributed by atoms with Crippen molar-refractivity contribution < 1.29 is 9.59 Å². The third-order valence-electron chi connectivity index (χ3n) is 3.67. The average molecular weight is 388 g/mol. The topological polar surface area (TPSA) is 91.0 Å². The monoisotopic (exact) mass is 387 g/mol. The van der Waals surface area contributed by atoms with Gasteiger partial charge in [-0.15, -0.1) is 0 Å². The van der Waals surface area contributed by atoms with E-state index in [0.29, 0.717) is 11.8 Å². The lowest BCUT2D eigenvalue weighted by Gasteiger charge is -2.20. The van der Waals surface area contributed by atoms with Crippen molar-refractivity contribution in [3.63, 3.8) is 0 Å². The van der Waals surface area contributed by atoms with Crippen LogP contribution in [-0.4, -0.2) is 51.0 Å². The molecule has 0 saturated carbocycles. The van der Waals surface area contributed by atoms with Crippen LogP contribution in [0.1, 0.15) is 51.3 Å². The van der Waals surface area contributed by atoms with Gasteiger partial charge in [-0.05, 0) is 18.8 Å². The summed E-state index contributed by atoms with van der Waals surface area (Å²) < 4.78 is 0. The number of alkyl halides is 1. The zero-order chi connectivity index (χ0) is 17.2. The smallest absolute Gasteiger partial charge is 0.232 e. The molecule has 130 valence electrons. The quantitative estimate of drug-likeness (QED) is 0.474. The molecule has 1 aromatic rings. The van der Waals surface area contributed by atoms with Crippen LogP contribution in [0.25, 0.3) is 0 Å². The van der Waals surface area contributed by atoms with E-state index in [1.807, 2.05) is 13.8 Å². The van der Waals surface area contributed by atoms with Crippen LogP contribution in [0, 0.1) is 5.92 Å². The summed E-state index contributed by atoms with van der Waals surface area (Å²) >= 11 is 3.15. The van der Waals surface area contributed by atoms with E-state index < -0.39 is 0 Å². The van der Waals surface area contributed by atoms with Crippen LogP contribution in [0.15, 0.2) is 6.20 Å². The number of carbonyl (C=O) groups excluding carboxylic acids is 2. The zero-order valence-electron chi connectivity index (χ0n) is 14.0. The van der Waals surface area contributed by atoms with Crippen molar-refractivity contribution >= 4 is 27.7 Å². The number of hydrogen-bond donors (Lipinski definition) is 2. The molecule has 23 heavy (non-hydrogen) atoms. The molecule has 0 radical (unpaired) electrons.